The topological polar surface area (TPSA) is 128 Å². The molecule has 1 saturated heterocycles. The Hall–Kier alpha value is -4.10. The fourth-order valence-electron chi connectivity index (χ4n) is 6.17. The molecule has 0 aliphatic carbocycles. The SMILES string of the molecule is CCC/C=C/C=C/C(=O)O[C@H]1/C(=C/C(=O)OC)C[C@@H](C[C@@H](OCc2ccc(OC)cc2)[C@@H](C)OCOCc2ccccc2)O[C@@]1(OC)C(C)(C)/C=C/CO. The van der Waals surface area contributed by atoms with E-state index in [4.69, 9.17) is 37.9 Å². The van der Waals surface area contributed by atoms with Gasteiger partial charge >= 0.3 is 11.9 Å². The summed E-state index contributed by atoms with van der Waals surface area (Å²) in [5.74, 6) is -2.21. The highest BCUT2D eigenvalue weighted by Crippen LogP contribution is 2.48. The Morgan fingerprint density at radius 2 is 1.69 bits per heavy atom. The first-order valence-corrected chi connectivity index (χ1v) is 18.3. The Morgan fingerprint density at radius 1 is 0.963 bits per heavy atom. The van der Waals surface area contributed by atoms with E-state index in [1.54, 1.807) is 31.4 Å². The van der Waals surface area contributed by atoms with E-state index in [1.807, 2.05) is 81.4 Å². The number of allylic oxidation sites excluding steroid dienone is 3. The van der Waals surface area contributed by atoms with Crippen molar-refractivity contribution in [3.63, 3.8) is 0 Å². The smallest absolute Gasteiger partial charge is 0.331 e. The summed E-state index contributed by atoms with van der Waals surface area (Å²) in [5, 5.41) is 9.74. The van der Waals surface area contributed by atoms with Crippen LogP contribution in [0.2, 0.25) is 0 Å². The van der Waals surface area contributed by atoms with E-state index in [0.717, 1.165) is 29.7 Å². The molecule has 1 N–H and O–H groups in total. The molecule has 2 aromatic rings. The zero-order chi connectivity index (χ0) is 39.4. The predicted octanol–water partition coefficient (Wildman–Crippen LogP) is 7.18. The van der Waals surface area contributed by atoms with Gasteiger partial charge in [0.1, 0.15) is 12.5 Å². The number of carbonyl (C=O) groups is 2. The summed E-state index contributed by atoms with van der Waals surface area (Å²) in [4.78, 5) is 26.1. The summed E-state index contributed by atoms with van der Waals surface area (Å²) >= 11 is 0. The van der Waals surface area contributed by atoms with Crippen molar-refractivity contribution in [3.8, 4) is 5.75 Å². The molecule has 5 atom stereocenters. The second-order valence-corrected chi connectivity index (χ2v) is 13.5. The number of esters is 2. The van der Waals surface area contributed by atoms with Crippen LogP contribution in [0.25, 0.3) is 0 Å². The Morgan fingerprint density at radius 3 is 2.33 bits per heavy atom. The van der Waals surface area contributed by atoms with Crippen molar-refractivity contribution in [2.24, 2.45) is 5.41 Å². The summed E-state index contributed by atoms with van der Waals surface area (Å²) in [6, 6.07) is 17.4. The monoisotopic (exact) mass is 750 g/mol. The van der Waals surface area contributed by atoms with E-state index in [2.05, 4.69) is 6.92 Å². The molecule has 0 spiro atoms. The van der Waals surface area contributed by atoms with E-state index in [1.165, 1.54) is 26.4 Å². The van der Waals surface area contributed by atoms with Crippen molar-refractivity contribution in [1.29, 1.82) is 0 Å². The fraction of sp³-hybridized carbons (Fsp3) is 0.488. The van der Waals surface area contributed by atoms with Crippen LogP contribution in [0.5, 0.6) is 5.75 Å². The van der Waals surface area contributed by atoms with Crippen LogP contribution in [-0.2, 0) is 56.0 Å². The van der Waals surface area contributed by atoms with E-state index in [-0.39, 0.29) is 26.4 Å². The number of aliphatic hydroxyl groups is 1. The first-order chi connectivity index (χ1) is 26.0. The molecule has 0 bridgehead atoms. The van der Waals surface area contributed by atoms with Crippen LogP contribution in [0.4, 0.5) is 0 Å². The minimum absolute atomic E-state index is 0.0254. The Balaban J connectivity index is 1.98. The van der Waals surface area contributed by atoms with Crippen LogP contribution in [0.15, 0.2) is 103 Å². The first-order valence-electron chi connectivity index (χ1n) is 18.3. The molecule has 2 aromatic carbocycles. The molecule has 1 aliphatic heterocycles. The van der Waals surface area contributed by atoms with Gasteiger partial charge in [0.2, 0.25) is 5.79 Å². The molecule has 3 rings (SSSR count). The molecule has 1 fully saturated rings. The highest BCUT2D eigenvalue weighted by atomic mass is 16.7. The Kier molecular flexibility index (Phi) is 18.8. The second-order valence-electron chi connectivity index (χ2n) is 13.5. The molecular weight excluding hydrogens is 692 g/mol. The minimum Gasteiger partial charge on any atom is -0.497 e. The highest BCUT2D eigenvalue weighted by molar-refractivity contribution is 5.84. The molecule has 296 valence electrons. The van der Waals surface area contributed by atoms with Gasteiger partial charge < -0.3 is 43.0 Å². The summed E-state index contributed by atoms with van der Waals surface area (Å²) in [7, 11) is 4.36. The van der Waals surface area contributed by atoms with Crippen LogP contribution >= 0.6 is 0 Å². The molecule has 11 heteroatoms. The number of unbranched alkanes of at least 4 members (excludes halogenated alkanes) is 1. The maximum Gasteiger partial charge on any atom is 0.331 e. The Labute approximate surface area is 320 Å². The van der Waals surface area contributed by atoms with Crippen LogP contribution in [-0.4, -0.2) is 82.0 Å². The van der Waals surface area contributed by atoms with Crippen molar-refractivity contribution < 1.29 is 52.6 Å². The zero-order valence-electron chi connectivity index (χ0n) is 32.7. The Bertz CT molecular complexity index is 1530. The molecule has 54 heavy (non-hydrogen) atoms. The number of benzene rings is 2. The molecule has 0 amide bonds. The average Bonchev–Trinajstić information content (AvgIpc) is 3.18. The van der Waals surface area contributed by atoms with E-state index >= 15 is 0 Å². The van der Waals surface area contributed by atoms with Crippen LogP contribution in [0.1, 0.15) is 64.5 Å². The van der Waals surface area contributed by atoms with Crippen molar-refractivity contribution in [2.45, 2.75) is 96.8 Å². The molecule has 1 aliphatic rings. The molecule has 0 aromatic heterocycles. The van der Waals surface area contributed by atoms with Gasteiger partial charge in [-0.25, -0.2) is 9.59 Å². The fourth-order valence-corrected chi connectivity index (χ4v) is 6.17. The third-order valence-corrected chi connectivity index (χ3v) is 9.17. The average molecular weight is 751 g/mol. The number of hydrogen-bond acceptors (Lipinski definition) is 11. The number of hydrogen-bond donors (Lipinski definition) is 1. The van der Waals surface area contributed by atoms with Gasteiger partial charge in [0.15, 0.2) is 6.10 Å². The van der Waals surface area contributed by atoms with E-state index in [0.29, 0.717) is 18.6 Å². The summed E-state index contributed by atoms with van der Waals surface area (Å²) < 4.78 is 48.1. The number of ether oxygens (including phenoxy) is 8. The maximum absolute atomic E-state index is 13.3. The van der Waals surface area contributed by atoms with E-state index in [9.17, 15) is 14.7 Å². The van der Waals surface area contributed by atoms with Gasteiger partial charge in [-0.15, -0.1) is 0 Å². The largest absolute Gasteiger partial charge is 0.497 e. The highest BCUT2D eigenvalue weighted by Gasteiger charge is 2.59. The molecule has 1 heterocycles. The van der Waals surface area contributed by atoms with E-state index < -0.39 is 47.6 Å². The van der Waals surface area contributed by atoms with Crippen LogP contribution < -0.4 is 4.74 Å². The first kappa shape index (κ1) is 44.3. The predicted molar refractivity (Wildman–Crippen MR) is 205 cm³/mol. The van der Waals surface area contributed by atoms with Gasteiger partial charge in [0, 0.05) is 31.1 Å². The molecule has 11 nitrogen and oxygen atoms in total. The van der Waals surface area contributed by atoms with Gasteiger partial charge in [-0.05, 0) is 48.6 Å². The molecule has 0 saturated carbocycles. The minimum atomic E-state index is -1.66. The van der Waals surface area contributed by atoms with Gasteiger partial charge in [0.05, 0.1) is 52.4 Å². The van der Waals surface area contributed by atoms with Crippen molar-refractivity contribution >= 4 is 11.9 Å². The standard InChI is InChI=1S/C43H58O11/c1-8-9-10-11-15-19-39(45)53-41-35(27-40(46)48-6)26-37(54-43(41,49-7)42(3,4)24-16-25-44)28-38(51-30-34-20-22-36(47-5)23-21-34)32(2)52-31-50-29-33-17-13-12-14-18-33/h10-24,27,32,37-38,41,44H,8-9,25-26,28-31H2,1-7H3/b11-10+,19-15+,24-16+,35-27+/t32-,37+,38-,41+,43-/m1/s1. The van der Waals surface area contributed by atoms with Gasteiger partial charge in [-0.2, -0.15) is 0 Å². The number of rotatable bonds is 22. The maximum atomic E-state index is 13.3. The number of carbonyl (C=O) groups excluding carboxylic acids is 2. The number of aliphatic hydroxyl groups excluding tert-OH is 1. The third kappa shape index (κ3) is 13.3. The second kappa shape index (κ2) is 23.0. The van der Waals surface area contributed by atoms with Crippen molar-refractivity contribution in [2.75, 3.05) is 34.7 Å². The quantitative estimate of drug-likeness (QED) is 0.0328. The summed E-state index contributed by atoms with van der Waals surface area (Å²) in [6.07, 6.45) is 10.8. The molecule has 0 unspecified atom stereocenters. The van der Waals surface area contributed by atoms with Gasteiger partial charge in [0.25, 0.3) is 0 Å². The lowest BCUT2D eigenvalue weighted by Gasteiger charge is -2.53. The lowest BCUT2D eigenvalue weighted by molar-refractivity contribution is -0.338. The summed E-state index contributed by atoms with van der Waals surface area (Å²) in [5.41, 5.74) is 1.37. The normalized spacial score (nSPS) is 21.1. The number of methoxy groups -OCH3 is 3. The summed E-state index contributed by atoms with van der Waals surface area (Å²) in [6.45, 7) is 8.10. The van der Waals surface area contributed by atoms with Crippen molar-refractivity contribution in [1.82, 2.24) is 0 Å². The molecular formula is C43H58O11. The third-order valence-electron chi connectivity index (χ3n) is 9.17. The van der Waals surface area contributed by atoms with Crippen molar-refractivity contribution in [3.05, 3.63) is 114 Å². The van der Waals surface area contributed by atoms with Crippen LogP contribution in [0, 0.1) is 5.41 Å². The van der Waals surface area contributed by atoms with Crippen LogP contribution in [0.3, 0.4) is 0 Å². The zero-order valence-corrected chi connectivity index (χ0v) is 32.7. The van der Waals surface area contributed by atoms with Gasteiger partial charge in [-0.3, -0.25) is 0 Å². The lowest BCUT2D eigenvalue weighted by atomic mass is 9.74. The van der Waals surface area contributed by atoms with Gasteiger partial charge in [-0.1, -0.05) is 100 Å². The lowest BCUT2D eigenvalue weighted by Crippen LogP contribution is -2.63. The molecule has 0 radical (unpaired) electrons.